The normalized spacial score (nSPS) is 10.7. The molecule has 0 bridgehead atoms. The number of nitrogens with one attached hydrogen (secondary N) is 1. The second-order valence-electron chi connectivity index (χ2n) is 5.85. The summed E-state index contributed by atoms with van der Waals surface area (Å²) in [5.74, 6) is 0.475. The van der Waals surface area contributed by atoms with Crippen LogP contribution in [0.4, 0.5) is 5.69 Å². The van der Waals surface area contributed by atoms with E-state index in [-0.39, 0.29) is 5.69 Å². The third kappa shape index (κ3) is 4.41. The van der Waals surface area contributed by atoms with Crippen molar-refractivity contribution in [2.24, 2.45) is 5.10 Å². The molecule has 0 saturated carbocycles. The second-order valence-corrected chi connectivity index (χ2v) is 5.85. The van der Waals surface area contributed by atoms with Crippen LogP contribution < -0.4 is 14.9 Å². The lowest BCUT2D eigenvalue weighted by Crippen LogP contribution is -2.18. The number of hydrazone groups is 1. The van der Waals surface area contributed by atoms with E-state index < -0.39 is 10.8 Å². The van der Waals surface area contributed by atoms with Crippen molar-refractivity contribution >= 4 is 17.8 Å². The van der Waals surface area contributed by atoms with Crippen LogP contribution in [-0.4, -0.2) is 35.8 Å². The quantitative estimate of drug-likeness (QED) is 0.376. The number of benzene rings is 2. The Bertz CT molecular complexity index is 1070. The van der Waals surface area contributed by atoms with Crippen molar-refractivity contribution < 1.29 is 19.2 Å². The predicted molar refractivity (Wildman–Crippen MR) is 107 cm³/mol. The van der Waals surface area contributed by atoms with E-state index in [9.17, 15) is 14.9 Å². The maximum absolute atomic E-state index is 12.4. The number of rotatable bonds is 7. The molecule has 29 heavy (non-hydrogen) atoms. The van der Waals surface area contributed by atoms with Crippen LogP contribution in [0.3, 0.4) is 0 Å². The standard InChI is InChI=1S/C20H18N4O5/c1-28-17-8-9-18(19(12-17)29-2)20(25)22-21-13-16-7-4-10-23(16)14-5-3-6-15(11-14)24(26)27/h3-13H,1-2H3,(H,22,25)/b21-13+. The van der Waals surface area contributed by atoms with Gasteiger partial charge >= 0.3 is 0 Å². The Morgan fingerprint density at radius 2 is 1.97 bits per heavy atom. The third-order valence-electron chi connectivity index (χ3n) is 4.12. The molecule has 1 aromatic heterocycles. The second kappa shape index (κ2) is 8.70. The number of hydrogen-bond acceptors (Lipinski definition) is 6. The van der Waals surface area contributed by atoms with E-state index in [4.69, 9.17) is 9.47 Å². The Balaban J connectivity index is 1.77. The zero-order chi connectivity index (χ0) is 20.8. The van der Waals surface area contributed by atoms with Crippen LogP contribution in [0.5, 0.6) is 11.5 Å². The smallest absolute Gasteiger partial charge is 0.275 e. The summed E-state index contributed by atoms with van der Waals surface area (Å²) >= 11 is 0. The Hall–Kier alpha value is -4.14. The fourth-order valence-electron chi connectivity index (χ4n) is 2.69. The highest BCUT2D eigenvalue weighted by atomic mass is 16.6. The number of carbonyl (C=O) groups excluding carboxylic acids is 1. The number of nitro groups is 1. The molecular formula is C20H18N4O5. The van der Waals surface area contributed by atoms with Gasteiger partial charge in [-0.05, 0) is 30.3 Å². The van der Waals surface area contributed by atoms with Crippen molar-refractivity contribution in [2.75, 3.05) is 14.2 Å². The van der Waals surface area contributed by atoms with Gasteiger partial charge in [0.1, 0.15) is 11.5 Å². The number of nitro benzene ring substituents is 1. The first kappa shape index (κ1) is 19.6. The molecule has 9 nitrogen and oxygen atoms in total. The average molecular weight is 394 g/mol. The van der Waals surface area contributed by atoms with Gasteiger partial charge in [0, 0.05) is 24.4 Å². The summed E-state index contributed by atoms with van der Waals surface area (Å²) in [6, 6.07) is 14.6. The van der Waals surface area contributed by atoms with Gasteiger partial charge in [-0.1, -0.05) is 6.07 Å². The lowest BCUT2D eigenvalue weighted by molar-refractivity contribution is -0.384. The van der Waals surface area contributed by atoms with Crippen molar-refractivity contribution in [1.82, 2.24) is 9.99 Å². The van der Waals surface area contributed by atoms with Gasteiger partial charge in [0.05, 0.1) is 42.3 Å². The van der Waals surface area contributed by atoms with E-state index in [0.29, 0.717) is 28.4 Å². The summed E-state index contributed by atoms with van der Waals surface area (Å²) in [7, 11) is 2.98. The molecule has 1 N–H and O–H groups in total. The van der Waals surface area contributed by atoms with Crippen LogP contribution in [0.1, 0.15) is 16.1 Å². The zero-order valence-corrected chi connectivity index (χ0v) is 15.7. The monoisotopic (exact) mass is 394 g/mol. The van der Waals surface area contributed by atoms with E-state index in [2.05, 4.69) is 10.5 Å². The molecule has 0 aliphatic rings. The minimum absolute atomic E-state index is 0.0148. The molecule has 0 spiro atoms. The molecular weight excluding hydrogens is 376 g/mol. The van der Waals surface area contributed by atoms with Gasteiger partial charge in [-0.25, -0.2) is 5.43 Å². The number of nitrogens with zero attached hydrogens (tertiary/aromatic N) is 3. The number of carbonyl (C=O) groups is 1. The fourth-order valence-corrected chi connectivity index (χ4v) is 2.69. The Kier molecular flexibility index (Phi) is 5.88. The van der Waals surface area contributed by atoms with Crippen LogP contribution in [0, 0.1) is 10.1 Å². The molecule has 0 radical (unpaired) electrons. The fraction of sp³-hybridized carbons (Fsp3) is 0.100. The maximum atomic E-state index is 12.4. The summed E-state index contributed by atoms with van der Waals surface area (Å²) in [6.07, 6.45) is 3.20. The molecule has 0 aliphatic heterocycles. The van der Waals surface area contributed by atoms with Crippen LogP contribution in [0.2, 0.25) is 0 Å². The summed E-state index contributed by atoms with van der Waals surface area (Å²) in [5.41, 5.74) is 3.97. The van der Waals surface area contributed by atoms with Gasteiger partial charge in [-0.3, -0.25) is 14.9 Å². The van der Waals surface area contributed by atoms with E-state index in [1.165, 1.54) is 32.6 Å². The van der Waals surface area contributed by atoms with Crippen LogP contribution >= 0.6 is 0 Å². The molecule has 1 amide bonds. The summed E-state index contributed by atoms with van der Waals surface area (Å²) in [6.45, 7) is 0. The molecule has 1 heterocycles. The molecule has 3 rings (SSSR count). The summed E-state index contributed by atoms with van der Waals surface area (Å²) < 4.78 is 12.0. The number of non-ortho nitro benzene ring substituents is 1. The minimum atomic E-state index is -0.455. The first-order valence-corrected chi connectivity index (χ1v) is 8.51. The molecule has 3 aromatic rings. The zero-order valence-electron chi connectivity index (χ0n) is 15.7. The van der Waals surface area contributed by atoms with Gasteiger partial charge in [0.25, 0.3) is 11.6 Å². The van der Waals surface area contributed by atoms with E-state index in [1.54, 1.807) is 53.2 Å². The SMILES string of the molecule is COc1ccc(C(=O)N/N=C/c2cccn2-c2cccc([N+](=O)[O-])c2)c(OC)c1. The van der Waals surface area contributed by atoms with Gasteiger partial charge in [0.2, 0.25) is 0 Å². The number of amides is 1. The Morgan fingerprint density at radius 3 is 2.69 bits per heavy atom. The first-order chi connectivity index (χ1) is 14.0. The van der Waals surface area contributed by atoms with Crippen LogP contribution in [0.15, 0.2) is 65.9 Å². The highest BCUT2D eigenvalue weighted by Crippen LogP contribution is 2.24. The van der Waals surface area contributed by atoms with E-state index in [1.807, 2.05) is 0 Å². The third-order valence-corrected chi connectivity index (χ3v) is 4.12. The van der Waals surface area contributed by atoms with E-state index in [0.717, 1.165) is 0 Å². The molecule has 0 saturated heterocycles. The van der Waals surface area contributed by atoms with Crippen molar-refractivity contribution in [3.05, 3.63) is 82.2 Å². The molecule has 0 fully saturated rings. The first-order valence-electron chi connectivity index (χ1n) is 8.51. The lowest BCUT2D eigenvalue weighted by Gasteiger charge is -2.09. The van der Waals surface area contributed by atoms with Crippen molar-refractivity contribution in [2.45, 2.75) is 0 Å². The van der Waals surface area contributed by atoms with Gasteiger partial charge in [0.15, 0.2) is 0 Å². The largest absolute Gasteiger partial charge is 0.497 e. The highest BCUT2D eigenvalue weighted by Gasteiger charge is 2.13. The van der Waals surface area contributed by atoms with Crippen LogP contribution in [-0.2, 0) is 0 Å². The minimum Gasteiger partial charge on any atom is -0.497 e. The van der Waals surface area contributed by atoms with Gasteiger partial charge < -0.3 is 14.0 Å². The average Bonchev–Trinajstić information content (AvgIpc) is 3.21. The van der Waals surface area contributed by atoms with Gasteiger partial charge in [-0.2, -0.15) is 5.10 Å². The van der Waals surface area contributed by atoms with Gasteiger partial charge in [-0.15, -0.1) is 0 Å². The van der Waals surface area contributed by atoms with Crippen molar-refractivity contribution in [3.8, 4) is 17.2 Å². The Labute approximate surface area is 166 Å². The molecule has 0 atom stereocenters. The number of aromatic nitrogens is 1. The molecule has 0 unspecified atom stereocenters. The van der Waals surface area contributed by atoms with Crippen molar-refractivity contribution in [3.63, 3.8) is 0 Å². The number of methoxy groups -OCH3 is 2. The lowest BCUT2D eigenvalue weighted by atomic mass is 10.2. The molecule has 9 heteroatoms. The highest BCUT2D eigenvalue weighted by molar-refractivity contribution is 5.97. The number of ether oxygens (including phenoxy) is 2. The molecule has 0 aliphatic carbocycles. The number of hydrogen-bond donors (Lipinski definition) is 1. The Morgan fingerprint density at radius 1 is 1.14 bits per heavy atom. The van der Waals surface area contributed by atoms with Crippen LogP contribution in [0.25, 0.3) is 5.69 Å². The van der Waals surface area contributed by atoms with E-state index >= 15 is 0 Å². The maximum Gasteiger partial charge on any atom is 0.275 e. The topological polar surface area (TPSA) is 108 Å². The summed E-state index contributed by atoms with van der Waals surface area (Å²) in [4.78, 5) is 22.9. The molecule has 2 aromatic carbocycles. The molecule has 148 valence electrons. The summed E-state index contributed by atoms with van der Waals surface area (Å²) in [5, 5.41) is 15.0. The van der Waals surface area contributed by atoms with Crippen molar-refractivity contribution in [1.29, 1.82) is 0 Å². The predicted octanol–water partition coefficient (Wildman–Crippen LogP) is 3.17.